The minimum Gasteiger partial charge on any atom is -0.375 e. The second kappa shape index (κ2) is 7.96. The highest BCUT2D eigenvalue weighted by Crippen LogP contribution is 2.04. The van der Waals surface area contributed by atoms with Gasteiger partial charge in [-0.25, -0.2) is 4.79 Å². The zero-order valence-corrected chi connectivity index (χ0v) is 11.2. The Morgan fingerprint density at radius 2 is 1.60 bits per heavy atom. The number of nitrogens with one attached hydrogen (secondary N) is 2. The molecule has 0 bridgehead atoms. The minimum atomic E-state index is -0.223. The van der Waals surface area contributed by atoms with Gasteiger partial charge in [0.25, 0.3) is 0 Å². The van der Waals surface area contributed by atoms with Gasteiger partial charge in [-0.05, 0) is 17.7 Å². The summed E-state index contributed by atoms with van der Waals surface area (Å²) in [5.74, 6) is 0. The Labute approximate surface area is 118 Å². The van der Waals surface area contributed by atoms with Crippen LogP contribution < -0.4 is 10.6 Å². The zero-order valence-electron chi connectivity index (χ0n) is 11.2. The van der Waals surface area contributed by atoms with E-state index in [4.69, 9.17) is 4.74 Å². The number of para-hydroxylation sites is 1. The van der Waals surface area contributed by atoms with Crippen LogP contribution in [0.15, 0.2) is 60.7 Å². The quantitative estimate of drug-likeness (QED) is 0.793. The van der Waals surface area contributed by atoms with E-state index in [2.05, 4.69) is 10.6 Å². The fraction of sp³-hybridized carbons (Fsp3) is 0.188. The van der Waals surface area contributed by atoms with Crippen molar-refractivity contribution in [2.45, 2.75) is 6.61 Å². The highest BCUT2D eigenvalue weighted by atomic mass is 16.5. The van der Waals surface area contributed by atoms with Crippen LogP contribution in [0.3, 0.4) is 0 Å². The summed E-state index contributed by atoms with van der Waals surface area (Å²) in [5.41, 5.74) is 1.90. The second-order valence-electron chi connectivity index (χ2n) is 4.29. The van der Waals surface area contributed by atoms with Gasteiger partial charge in [-0.3, -0.25) is 0 Å². The van der Waals surface area contributed by atoms with Crippen LogP contribution in [-0.4, -0.2) is 19.2 Å². The van der Waals surface area contributed by atoms with E-state index in [0.717, 1.165) is 11.3 Å². The van der Waals surface area contributed by atoms with Crippen LogP contribution in [0.25, 0.3) is 0 Å². The van der Waals surface area contributed by atoms with Gasteiger partial charge >= 0.3 is 6.03 Å². The van der Waals surface area contributed by atoms with E-state index in [1.165, 1.54) is 0 Å². The molecule has 2 rings (SSSR count). The van der Waals surface area contributed by atoms with E-state index in [0.29, 0.717) is 19.8 Å². The SMILES string of the molecule is O=C(NCCOCc1ccccc1)Nc1ccccc1. The Morgan fingerprint density at radius 3 is 2.30 bits per heavy atom. The summed E-state index contributed by atoms with van der Waals surface area (Å²) in [6.45, 7) is 1.52. The molecular formula is C16H18N2O2. The number of amides is 2. The van der Waals surface area contributed by atoms with Crippen LogP contribution in [0.5, 0.6) is 0 Å². The van der Waals surface area contributed by atoms with E-state index >= 15 is 0 Å². The maximum atomic E-state index is 11.6. The molecule has 2 amide bonds. The van der Waals surface area contributed by atoms with Crippen molar-refractivity contribution < 1.29 is 9.53 Å². The molecule has 0 fully saturated rings. The summed E-state index contributed by atoms with van der Waals surface area (Å²) in [6.07, 6.45) is 0. The molecule has 0 aliphatic carbocycles. The molecule has 20 heavy (non-hydrogen) atoms. The first-order valence-electron chi connectivity index (χ1n) is 6.56. The summed E-state index contributed by atoms with van der Waals surface area (Å²) >= 11 is 0. The number of rotatable bonds is 6. The predicted octanol–water partition coefficient (Wildman–Crippen LogP) is 3.02. The molecule has 0 heterocycles. The molecule has 0 saturated carbocycles. The zero-order chi connectivity index (χ0) is 14.0. The number of benzene rings is 2. The molecule has 0 radical (unpaired) electrons. The van der Waals surface area contributed by atoms with Crippen LogP contribution in [0, 0.1) is 0 Å². The second-order valence-corrected chi connectivity index (χ2v) is 4.29. The van der Waals surface area contributed by atoms with Crippen molar-refractivity contribution in [3.63, 3.8) is 0 Å². The van der Waals surface area contributed by atoms with Gasteiger partial charge in [-0.2, -0.15) is 0 Å². The summed E-state index contributed by atoms with van der Waals surface area (Å²) in [6, 6.07) is 19.0. The average molecular weight is 270 g/mol. The number of anilines is 1. The van der Waals surface area contributed by atoms with Gasteiger partial charge in [0.1, 0.15) is 0 Å². The van der Waals surface area contributed by atoms with Crippen molar-refractivity contribution >= 4 is 11.7 Å². The van der Waals surface area contributed by atoms with Gasteiger partial charge in [0.15, 0.2) is 0 Å². The molecule has 2 aromatic rings. The van der Waals surface area contributed by atoms with Crippen molar-refractivity contribution in [2.24, 2.45) is 0 Å². The van der Waals surface area contributed by atoms with Gasteiger partial charge in [0, 0.05) is 12.2 Å². The van der Waals surface area contributed by atoms with Gasteiger partial charge < -0.3 is 15.4 Å². The molecule has 4 nitrogen and oxygen atoms in total. The first kappa shape index (κ1) is 14.1. The highest BCUT2D eigenvalue weighted by Gasteiger charge is 1.99. The van der Waals surface area contributed by atoms with Gasteiger partial charge in [0.2, 0.25) is 0 Å². The number of hydrogen-bond donors (Lipinski definition) is 2. The monoisotopic (exact) mass is 270 g/mol. The van der Waals surface area contributed by atoms with Crippen molar-refractivity contribution in [2.75, 3.05) is 18.5 Å². The van der Waals surface area contributed by atoms with E-state index in [9.17, 15) is 4.79 Å². The van der Waals surface area contributed by atoms with Crippen molar-refractivity contribution in [1.82, 2.24) is 5.32 Å². The molecule has 0 spiro atoms. The van der Waals surface area contributed by atoms with Crippen LogP contribution in [-0.2, 0) is 11.3 Å². The third-order valence-electron chi connectivity index (χ3n) is 2.68. The normalized spacial score (nSPS) is 10.0. The van der Waals surface area contributed by atoms with Crippen LogP contribution in [0.2, 0.25) is 0 Å². The number of carbonyl (C=O) groups excluding carboxylic acids is 1. The molecule has 0 unspecified atom stereocenters. The largest absolute Gasteiger partial charge is 0.375 e. The van der Waals surface area contributed by atoms with E-state index < -0.39 is 0 Å². The average Bonchev–Trinajstić information content (AvgIpc) is 2.49. The molecule has 0 aliphatic rings. The Hall–Kier alpha value is -2.33. The molecule has 104 valence electrons. The summed E-state index contributed by atoms with van der Waals surface area (Å²) in [5, 5.41) is 5.49. The van der Waals surface area contributed by atoms with E-state index in [1.807, 2.05) is 60.7 Å². The Bertz CT molecular complexity index is 515. The summed E-state index contributed by atoms with van der Waals surface area (Å²) in [4.78, 5) is 11.6. The van der Waals surface area contributed by atoms with Crippen LogP contribution >= 0.6 is 0 Å². The summed E-state index contributed by atoms with van der Waals surface area (Å²) in [7, 11) is 0. The third-order valence-corrected chi connectivity index (χ3v) is 2.68. The molecule has 0 aromatic heterocycles. The minimum absolute atomic E-state index is 0.223. The number of hydrogen-bond acceptors (Lipinski definition) is 2. The van der Waals surface area contributed by atoms with Crippen molar-refractivity contribution in [3.05, 3.63) is 66.2 Å². The molecule has 2 aromatic carbocycles. The third kappa shape index (κ3) is 5.12. The highest BCUT2D eigenvalue weighted by molar-refractivity contribution is 5.89. The number of carbonyl (C=O) groups is 1. The van der Waals surface area contributed by atoms with Crippen molar-refractivity contribution in [3.8, 4) is 0 Å². The molecule has 0 saturated heterocycles. The molecule has 4 heteroatoms. The van der Waals surface area contributed by atoms with Gasteiger partial charge in [-0.1, -0.05) is 48.5 Å². The fourth-order valence-corrected chi connectivity index (χ4v) is 1.70. The molecule has 2 N–H and O–H groups in total. The Balaban J connectivity index is 1.58. The first-order chi connectivity index (χ1) is 9.84. The lowest BCUT2D eigenvalue weighted by atomic mass is 10.2. The molecule has 0 atom stereocenters. The lowest BCUT2D eigenvalue weighted by Crippen LogP contribution is -2.31. The number of urea groups is 1. The number of ether oxygens (including phenoxy) is 1. The van der Waals surface area contributed by atoms with Crippen molar-refractivity contribution in [1.29, 1.82) is 0 Å². The lowest BCUT2D eigenvalue weighted by molar-refractivity contribution is 0.124. The molecular weight excluding hydrogens is 252 g/mol. The predicted molar refractivity (Wildman–Crippen MR) is 79.6 cm³/mol. The van der Waals surface area contributed by atoms with Gasteiger partial charge in [-0.15, -0.1) is 0 Å². The first-order valence-corrected chi connectivity index (χ1v) is 6.56. The van der Waals surface area contributed by atoms with Crippen LogP contribution in [0.1, 0.15) is 5.56 Å². The smallest absolute Gasteiger partial charge is 0.319 e. The Morgan fingerprint density at radius 1 is 0.950 bits per heavy atom. The maximum Gasteiger partial charge on any atom is 0.319 e. The van der Waals surface area contributed by atoms with Crippen LogP contribution in [0.4, 0.5) is 10.5 Å². The van der Waals surface area contributed by atoms with Gasteiger partial charge in [0.05, 0.1) is 13.2 Å². The summed E-state index contributed by atoms with van der Waals surface area (Å²) < 4.78 is 5.48. The fourth-order valence-electron chi connectivity index (χ4n) is 1.70. The molecule has 0 aliphatic heterocycles. The van der Waals surface area contributed by atoms with E-state index in [1.54, 1.807) is 0 Å². The maximum absolute atomic E-state index is 11.6. The van der Waals surface area contributed by atoms with E-state index in [-0.39, 0.29) is 6.03 Å². The topological polar surface area (TPSA) is 50.4 Å². The standard InChI is InChI=1S/C16H18N2O2/c19-16(18-15-9-5-2-6-10-15)17-11-12-20-13-14-7-3-1-4-8-14/h1-10H,11-13H2,(H2,17,18,19). The Kier molecular flexibility index (Phi) is 5.61. The lowest BCUT2D eigenvalue weighted by Gasteiger charge is -2.08.